The molecule has 1 heterocycles. The van der Waals surface area contributed by atoms with E-state index in [-0.39, 0.29) is 11.9 Å². The number of ether oxygens (including phenoxy) is 2. The Hall–Kier alpha value is -2.86. The number of amides is 1. The van der Waals surface area contributed by atoms with Gasteiger partial charge in [0.15, 0.2) is 6.10 Å². The van der Waals surface area contributed by atoms with Crippen LogP contribution in [0, 0.1) is 0 Å². The fourth-order valence-corrected chi connectivity index (χ4v) is 2.96. The Morgan fingerprint density at radius 1 is 1.03 bits per heavy atom. The number of pyridine rings is 1. The van der Waals surface area contributed by atoms with Crippen molar-refractivity contribution in [2.75, 3.05) is 0 Å². The minimum atomic E-state index is -0.609. The molecule has 1 amide bonds. The second-order valence-corrected chi connectivity index (χ2v) is 7.54. The van der Waals surface area contributed by atoms with E-state index in [9.17, 15) is 4.79 Å². The van der Waals surface area contributed by atoms with Crippen LogP contribution in [0.5, 0.6) is 11.5 Å². The van der Waals surface area contributed by atoms with E-state index >= 15 is 0 Å². The summed E-state index contributed by atoms with van der Waals surface area (Å²) in [7, 11) is 0. The smallest absolute Gasteiger partial charge is 0.261 e. The number of carbonyl (C=O) groups excluding carboxylic acids is 1. The number of nitrogens with one attached hydrogen (secondary N) is 1. The molecular weight excluding hydrogens is 432 g/mol. The quantitative estimate of drug-likeness (QED) is 0.516. The van der Waals surface area contributed by atoms with Gasteiger partial charge in [0.05, 0.1) is 11.7 Å². The summed E-state index contributed by atoms with van der Waals surface area (Å²) >= 11 is 3.38. The number of halogens is 1. The highest BCUT2D eigenvalue weighted by Crippen LogP contribution is 2.21. The van der Waals surface area contributed by atoms with Crippen LogP contribution < -0.4 is 14.8 Å². The van der Waals surface area contributed by atoms with Crippen molar-refractivity contribution in [3.05, 3.63) is 88.7 Å². The Morgan fingerprint density at radius 3 is 2.55 bits per heavy atom. The van der Waals surface area contributed by atoms with E-state index in [1.807, 2.05) is 73.7 Å². The maximum atomic E-state index is 12.5. The largest absolute Gasteiger partial charge is 0.487 e. The molecule has 3 aromatic rings. The van der Waals surface area contributed by atoms with Gasteiger partial charge < -0.3 is 14.8 Å². The van der Waals surface area contributed by atoms with E-state index in [4.69, 9.17) is 9.47 Å². The molecule has 150 valence electrons. The van der Waals surface area contributed by atoms with Crippen LogP contribution in [-0.4, -0.2) is 17.0 Å². The number of hydrogen-bond donors (Lipinski definition) is 1. The molecule has 0 aliphatic rings. The molecule has 0 radical (unpaired) electrons. The highest BCUT2D eigenvalue weighted by atomic mass is 79.9. The fraction of sp³-hybridized carbons (Fsp3) is 0.217. The van der Waals surface area contributed by atoms with Gasteiger partial charge in [0.1, 0.15) is 18.1 Å². The molecule has 5 nitrogen and oxygen atoms in total. The molecule has 0 aliphatic carbocycles. The molecule has 3 rings (SSSR count). The van der Waals surface area contributed by atoms with Crippen molar-refractivity contribution in [2.24, 2.45) is 0 Å². The summed E-state index contributed by atoms with van der Waals surface area (Å²) in [5.41, 5.74) is 1.81. The predicted molar refractivity (Wildman–Crippen MR) is 116 cm³/mol. The van der Waals surface area contributed by atoms with Gasteiger partial charge in [-0.3, -0.25) is 9.78 Å². The highest BCUT2D eigenvalue weighted by molar-refractivity contribution is 9.10. The van der Waals surface area contributed by atoms with Crippen molar-refractivity contribution < 1.29 is 14.3 Å². The van der Waals surface area contributed by atoms with E-state index in [2.05, 4.69) is 26.2 Å². The molecule has 2 unspecified atom stereocenters. The van der Waals surface area contributed by atoms with Crippen LogP contribution in [0.25, 0.3) is 0 Å². The zero-order chi connectivity index (χ0) is 20.6. The number of hydrogen-bond acceptors (Lipinski definition) is 4. The van der Waals surface area contributed by atoms with E-state index in [0.717, 1.165) is 21.5 Å². The van der Waals surface area contributed by atoms with Gasteiger partial charge in [-0.1, -0.05) is 34.1 Å². The van der Waals surface area contributed by atoms with Crippen molar-refractivity contribution >= 4 is 21.8 Å². The lowest BCUT2D eigenvalue weighted by atomic mass is 10.1. The summed E-state index contributed by atoms with van der Waals surface area (Å²) in [6, 6.07) is 20.6. The Morgan fingerprint density at radius 2 is 1.83 bits per heavy atom. The summed E-state index contributed by atoms with van der Waals surface area (Å²) in [6.45, 7) is 4.06. The molecule has 1 N–H and O–H groups in total. The van der Waals surface area contributed by atoms with Crippen molar-refractivity contribution in [3.63, 3.8) is 0 Å². The first-order valence-corrected chi connectivity index (χ1v) is 10.2. The van der Waals surface area contributed by atoms with Gasteiger partial charge in [0.25, 0.3) is 5.91 Å². The second-order valence-electron chi connectivity index (χ2n) is 6.63. The molecule has 0 saturated heterocycles. The molecule has 0 spiro atoms. The first-order valence-electron chi connectivity index (χ1n) is 9.36. The molecular formula is C23H23BrN2O3. The first-order chi connectivity index (χ1) is 14.0. The van der Waals surface area contributed by atoms with Gasteiger partial charge in [0, 0.05) is 10.7 Å². The zero-order valence-corrected chi connectivity index (χ0v) is 17.9. The average Bonchev–Trinajstić information content (AvgIpc) is 2.74. The van der Waals surface area contributed by atoms with Gasteiger partial charge >= 0.3 is 0 Å². The van der Waals surface area contributed by atoms with Crippen LogP contribution in [0.3, 0.4) is 0 Å². The van der Waals surface area contributed by atoms with Crippen LogP contribution in [0.2, 0.25) is 0 Å². The topological polar surface area (TPSA) is 60.5 Å². The maximum absolute atomic E-state index is 12.5. The third-order valence-electron chi connectivity index (χ3n) is 4.33. The lowest BCUT2D eigenvalue weighted by Gasteiger charge is -2.19. The third kappa shape index (κ3) is 6.32. The van der Waals surface area contributed by atoms with Gasteiger partial charge in [-0.25, -0.2) is 0 Å². The van der Waals surface area contributed by atoms with E-state index in [0.29, 0.717) is 12.4 Å². The monoisotopic (exact) mass is 454 g/mol. The SMILES string of the molecule is CC(Oc1ccc(Br)cc1)C(=O)NC(C)c1cccc(OCc2ccccn2)c1. The highest BCUT2D eigenvalue weighted by Gasteiger charge is 2.18. The van der Waals surface area contributed by atoms with Gasteiger partial charge in [-0.15, -0.1) is 0 Å². The lowest BCUT2D eigenvalue weighted by Crippen LogP contribution is -2.37. The number of aromatic nitrogens is 1. The first kappa shape index (κ1) is 20.9. The third-order valence-corrected chi connectivity index (χ3v) is 4.85. The fourth-order valence-electron chi connectivity index (χ4n) is 2.70. The molecule has 0 bridgehead atoms. The summed E-state index contributed by atoms with van der Waals surface area (Å²) in [5.74, 6) is 1.20. The minimum Gasteiger partial charge on any atom is -0.487 e. The Bertz CT molecular complexity index is 932. The van der Waals surface area contributed by atoms with Crippen LogP contribution in [0.1, 0.15) is 31.1 Å². The number of nitrogens with zero attached hydrogens (tertiary/aromatic N) is 1. The lowest BCUT2D eigenvalue weighted by molar-refractivity contribution is -0.127. The second kappa shape index (κ2) is 10.1. The van der Waals surface area contributed by atoms with Gasteiger partial charge in [-0.05, 0) is 67.9 Å². The van der Waals surface area contributed by atoms with Crippen LogP contribution in [0.15, 0.2) is 77.4 Å². The van der Waals surface area contributed by atoms with Crippen LogP contribution in [0.4, 0.5) is 0 Å². The maximum Gasteiger partial charge on any atom is 0.261 e. The molecule has 29 heavy (non-hydrogen) atoms. The Balaban J connectivity index is 1.55. The molecule has 0 saturated carbocycles. The van der Waals surface area contributed by atoms with Crippen molar-refractivity contribution in [3.8, 4) is 11.5 Å². The summed E-state index contributed by atoms with van der Waals surface area (Å²) in [6.07, 6.45) is 1.13. The molecule has 6 heteroatoms. The van der Waals surface area contributed by atoms with Crippen molar-refractivity contribution in [1.82, 2.24) is 10.3 Å². The van der Waals surface area contributed by atoms with E-state index in [1.54, 1.807) is 13.1 Å². The van der Waals surface area contributed by atoms with Gasteiger partial charge in [-0.2, -0.15) is 0 Å². The van der Waals surface area contributed by atoms with Crippen LogP contribution >= 0.6 is 15.9 Å². The molecule has 0 fully saturated rings. The zero-order valence-electron chi connectivity index (χ0n) is 16.3. The van der Waals surface area contributed by atoms with Gasteiger partial charge in [0.2, 0.25) is 0 Å². The Labute approximate surface area is 179 Å². The minimum absolute atomic E-state index is 0.180. The van der Waals surface area contributed by atoms with E-state index in [1.165, 1.54) is 0 Å². The van der Waals surface area contributed by atoms with Crippen molar-refractivity contribution in [1.29, 1.82) is 0 Å². The standard InChI is InChI=1S/C23H23BrN2O3/c1-16(26-23(27)17(2)29-21-11-9-19(24)10-12-21)18-6-5-8-22(14-18)28-15-20-7-3-4-13-25-20/h3-14,16-17H,15H2,1-2H3,(H,26,27). The molecule has 1 aromatic heterocycles. The van der Waals surface area contributed by atoms with E-state index < -0.39 is 6.10 Å². The number of rotatable bonds is 8. The molecule has 2 atom stereocenters. The van der Waals surface area contributed by atoms with Crippen LogP contribution in [-0.2, 0) is 11.4 Å². The average molecular weight is 455 g/mol. The summed E-state index contributed by atoms with van der Waals surface area (Å²) < 4.78 is 12.5. The molecule has 2 aromatic carbocycles. The van der Waals surface area contributed by atoms with Crippen molar-refractivity contribution in [2.45, 2.75) is 32.6 Å². The predicted octanol–water partition coefficient (Wildman–Crippen LogP) is 5.07. The molecule has 0 aliphatic heterocycles. The normalized spacial score (nSPS) is 12.7. The Kier molecular flexibility index (Phi) is 7.25. The summed E-state index contributed by atoms with van der Waals surface area (Å²) in [4.78, 5) is 16.8. The number of carbonyl (C=O) groups is 1. The number of benzene rings is 2. The summed E-state index contributed by atoms with van der Waals surface area (Å²) in [5, 5.41) is 2.99.